The summed E-state index contributed by atoms with van der Waals surface area (Å²) in [5.41, 5.74) is 1.36. The third kappa shape index (κ3) is 7.22. The van der Waals surface area contributed by atoms with Gasteiger partial charge < -0.3 is 14.7 Å². The van der Waals surface area contributed by atoms with Gasteiger partial charge in [0.15, 0.2) is 0 Å². The van der Waals surface area contributed by atoms with Gasteiger partial charge in [0.2, 0.25) is 0 Å². The highest BCUT2D eigenvalue weighted by Gasteiger charge is 2.44. The van der Waals surface area contributed by atoms with E-state index in [-0.39, 0.29) is 19.0 Å². The molecule has 0 spiro atoms. The lowest BCUT2D eigenvalue weighted by Crippen LogP contribution is -2.26. The summed E-state index contributed by atoms with van der Waals surface area (Å²) in [6.07, 6.45) is 0.174. The molecule has 0 bridgehead atoms. The van der Waals surface area contributed by atoms with Gasteiger partial charge >= 0.3 is 27.6 Å². The molecule has 2 N–H and O–H groups in total. The topological polar surface area (TPSA) is 121 Å². The Bertz CT molecular complexity index is 1720. The van der Waals surface area contributed by atoms with Crippen LogP contribution in [0.5, 0.6) is 0 Å². The predicted molar refractivity (Wildman–Crippen MR) is 153 cm³/mol. The lowest BCUT2D eigenvalue weighted by atomic mass is 9.81. The van der Waals surface area contributed by atoms with Crippen LogP contribution in [-0.2, 0) is 37.5 Å². The third-order valence-electron chi connectivity index (χ3n) is 6.74. The molecular weight excluding hydrogens is 587 g/mol. The zero-order chi connectivity index (χ0) is 31.4. The van der Waals surface area contributed by atoms with Crippen molar-refractivity contribution < 1.29 is 45.6 Å². The molecule has 12 heteroatoms. The fraction of sp³-hybridized carbons (Fsp3) is 0.161. The first kappa shape index (κ1) is 31.3. The smallest absolute Gasteiger partial charge is 0.481 e. The standard InChI is InChI=1S/C30H25NO4.CHF3O3S/c1-31-25-12-6-5-10-24(25)29(30(33)34)28-23(11-7-13-26(28)31)22-16-14-20(15-17-22)18-27(32)35-19-21-8-3-2-4-9-21;2-1(3,4)8(5,6)7/h2-17,29H,18-19H2,1H3,(H,33,34);(H,5,6,7). The van der Waals surface area contributed by atoms with Crippen LogP contribution in [0.15, 0.2) is 97.1 Å². The minimum absolute atomic E-state index is 0.174. The van der Waals surface area contributed by atoms with E-state index in [9.17, 15) is 27.9 Å². The molecule has 0 saturated heterocycles. The summed E-state index contributed by atoms with van der Waals surface area (Å²) in [5, 5.41) is 10.2. The molecule has 1 aliphatic heterocycles. The van der Waals surface area contributed by atoms with Crippen LogP contribution in [0.3, 0.4) is 0 Å². The summed E-state index contributed by atoms with van der Waals surface area (Å²) >= 11 is 0. The third-order valence-corrected chi connectivity index (χ3v) is 7.32. The van der Waals surface area contributed by atoms with Gasteiger partial charge in [-0.1, -0.05) is 84.9 Å². The van der Waals surface area contributed by atoms with E-state index in [0.717, 1.165) is 44.8 Å². The van der Waals surface area contributed by atoms with Crippen LogP contribution in [-0.4, -0.2) is 42.6 Å². The first-order chi connectivity index (χ1) is 20.3. The molecule has 0 aliphatic carbocycles. The van der Waals surface area contributed by atoms with E-state index >= 15 is 0 Å². The monoisotopic (exact) mass is 613 g/mol. The Morgan fingerprint density at radius 1 is 0.837 bits per heavy atom. The van der Waals surface area contributed by atoms with Crippen LogP contribution in [0.25, 0.3) is 11.1 Å². The molecule has 5 rings (SSSR count). The number of carboxylic acid groups (broad SMARTS) is 1. The highest BCUT2D eigenvalue weighted by atomic mass is 32.2. The second-order valence-corrected chi connectivity index (χ2v) is 11.0. The first-order valence-electron chi connectivity index (χ1n) is 12.8. The summed E-state index contributed by atoms with van der Waals surface area (Å²) in [6, 6.07) is 30.8. The fourth-order valence-corrected chi connectivity index (χ4v) is 4.74. The van der Waals surface area contributed by atoms with Gasteiger partial charge in [-0.25, -0.2) is 0 Å². The number of alkyl halides is 3. The van der Waals surface area contributed by atoms with Crippen molar-refractivity contribution in [3.05, 3.63) is 119 Å². The molecule has 224 valence electrons. The molecule has 43 heavy (non-hydrogen) atoms. The van der Waals surface area contributed by atoms with Crippen LogP contribution in [0.2, 0.25) is 0 Å². The number of benzene rings is 4. The minimum Gasteiger partial charge on any atom is -0.481 e. The van der Waals surface area contributed by atoms with E-state index < -0.39 is 27.5 Å². The lowest BCUT2D eigenvalue weighted by molar-refractivity contribution is -0.144. The number of carbonyl (C=O) groups is 2. The van der Waals surface area contributed by atoms with Crippen molar-refractivity contribution in [2.24, 2.45) is 0 Å². The maximum Gasteiger partial charge on any atom is 0.522 e. The number of hydrogen-bond donors (Lipinski definition) is 2. The second-order valence-electron chi connectivity index (χ2n) is 9.57. The van der Waals surface area contributed by atoms with Gasteiger partial charge in [-0.3, -0.25) is 14.1 Å². The van der Waals surface area contributed by atoms with Gasteiger partial charge in [0.25, 0.3) is 0 Å². The Balaban J connectivity index is 0.000000467. The molecule has 0 fully saturated rings. The molecule has 4 aromatic carbocycles. The lowest BCUT2D eigenvalue weighted by Gasteiger charge is -2.35. The maximum atomic E-state index is 12.4. The van der Waals surface area contributed by atoms with Crippen molar-refractivity contribution in [1.29, 1.82) is 0 Å². The van der Waals surface area contributed by atoms with Gasteiger partial charge in [0.1, 0.15) is 12.5 Å². The predicted octanol–water partition coefficient (Wildman–Crippen LogP) is 6.33. The summed E-state index contributed by atoms with van der Waals surface area (Å²) in [6.45, 7) is 0.249. The Morgan fingerprint density at radius 3 is 2.02 bits per heavy atom. The highest BCUT2D eigenvalue weighted by molar-refractivity contribution is 7.86. The molecule has 0 radical (unpaired) electrons. The van der Waals surface area contributed by atoms with E-state index in [4.69, 9.17) is 17.7 Å². The molecule has 0 amide bonds. The zero-order valence-corrected chi connectivity index (χ0v) is 23.5. The molecule has 1 unspecified atom stereocenters. The molecule has 1 heterocycles. The van der Waals surface area contributed by atoms with Crippen molar-refractivity contribution in [3.8, 4) is 11.1 Å². The summed E-state index contributed by atoms with van der Waals surface area (Å²) < 4.78 is 62.9. The van der Waals surface area contributed by atoms with E-state index in [0.29, 0.717) is 0 Å². The maximum absolute atomic E-state index is 12.4. The normalized spacial score (nSPS) is 14.1. The van der Waals surface area contributed by atoms with Crippen LogP contribution < -0.4 is 4.90 Å². The van der Waals surface area contributed by atoms with Crippen molar-refractivity contribution in [3.63, 3.8) is 0 Å². The number of rotatable bonds is 6. The Morgan fingerprint density at radius 2 is 1.42 bits per heavy atom. The van der Waals surface area contributed by atoms with E-state index in [2.05, 4.69) is 0 Å². The minimum atomic E-state index is -5.84. The Labute approximate surface area is 245 Å². The number of carboxylic acids is 1. The number of ether oxygens (including phenoxy) is 1. The van der Waals surface area contributed by atoms with E-state index in [1.165, 1.54) is 0 Å². The first-order valence-corrected chi connectivity index (χ1v) is 14.2. The average molecular weight is 614 g/mol. The van der Waals surface area contributed by atoms with Gasteiger partial charge in [0.05, 0.1) is 6.42 Å². The van der Waals surface area contributed by atoms with Gasteiger partial charge in [-0.15, -0.1) is 0 Å². The number of hydrogen-bond acceptors (Lipinski definition) is 6. The summed E-state index contributed by atoms with van der Waals surface area (Å²) in [5.74, 6) is -1.93. The zero-order valence-electron chi connectivity index (χ0n) is 22.7. The summed E-state index contributed by atoms with van der Waals surface area (Å²) in [4.78, 5) is 26.8. The number of carbonyl (C=O) groups excluding carboxylic acids is 1. The van der Waals surface area contributed by atoms with Crippen LogP contribution in [0.4, 0.5) is 24.5 Å². The van der Waals surface area contributed by atoms with Gasteiger partial charge in [-0.05, 0) is 39.9 Å². The number of aliphatic carboxylic acids is 1. The van der Waals surface area contributed by atoms with Gasteiger partial charge in [-0.2, -0.15) is 21.6 Å². The van der Waals surface area contributed by atoms with Crippen LogP contribution >= 0.6 is 0 Å². The Hall–Kier alpha value is -4.68. The molecular formula is C31H26F3NO7S. The fourth-order valence-electron chi connectivity index (χ4n) is 4.74. The Kier molecular flexibility index (Phi) is 9.22. The quantitative estimate of drug-likeness (QED) is 0.147. The van der Waals surface area contributed by atoms with Crippen molar-refractivity contribution >= 4 is 33.4 Å². The number of anilines is 2. The van der Waals surface area contributed by atoms with Crippen molar-refractivity contribution in [2.75, 3.05) is 11.9 Å². The number of para-hydroxylation sites is 1. The molecule has 4 aromatic rings. The highest BCUT2D eigenvalue weighted by Crippen LogP contribution is 2.48. The van der Waals surface area contributed by atoms with Crippen LogP contribution in [0, 0.1) is 0 Å². The van der Waals surface area contributed by atoms with E-state index in [1.54, 1.807) is 0 Å². The number of fused-ring (bicyclic) bond motifs is 2. The summed E-state index contributed by atoms with van der Waals surface area (Å²) in [7, 11) is -3.88. The average Bonchev–Trinajstić information content (AvgIpc) is 2.96. The van der Waals surface area contributed by atoms with Gasteiger partial charge in [0, 0.05) is 24.0 Å². The number of halogens is 3. The molecule has 0 saturated carbocycles. The molecule has 0 aromatic heterocycles. The number of esters is 1. The van der Waals surface area contributed by atoms with E-state index in [1.807, 2.05) is 109 Å². The molecule has 8 nitrogen and oxygen atoms in total. The molecule has 1 atom stereocenters. The van der Waals surface area contributed by atoms with Crippen molar-refractivity contribution in [1.82, 2.24) is 0 Å². The van der Waals surface area contributed by atoms with Crippen molar-refractivity contribution in [2.45, 2.75) is 24.5 Å². The molecule has 1 aliphatic rings. The number of nitrogens with zero attached hydrogens (tertiary/aromatic N) is 1. The largest absolute Gasteiger partial charge is 0.522 e. The van der Waals surface area contributed by atoms with Crippen LogP contribution in [0.1, 0.15) is 28.2 Å². The second kappa shape index (κ2) is 12.7. The SMILES string of the molecule is CN1c2ccccc2C(C(=O)O)c2c(-c3ccc(CC(=O)OCc4ccccc4)cc3)cccc21.O=S(=O)(O)C(F)(F)F.